The van der Waals surface area contributed by atoms with Crippen LogP contribution in [-0.4, -0.2) is 24.1 Å². The van der Waals surface area contributed by atoms with Gasteiger partial charge in [-0.3, -0.25) is 4.79 Å². The lowest BCUT2D eigenvalue weighted by Crippen LogP contribution is -2.23. The quantitative estimate of drug-likeness (QED) is 0.884. The molecule has 0 spiro atoms. The molecule has 1 amide bonds. The third kappa shape index (κ3) is 3.68. The van der Waals surface area contributed by atoms with Gasteiger partial charge in [-0.2, -0.15) is 0 Å². The van der Waals surface area contributed by atoms with Crippen LogP contribution in [0.3, 0.4) is 0 Å². The standard InChI is InChI=1S/C14H15N3O3S.ClH/c15-6-13-17-10(8-21-13)14(18)16-7-9-1-2-11-12(5-9)20-4-3-19-11;/h1-2,5,8H,3-4,6-7,15H2,(H,16,18);1H. The van der Waals surface area contributed by atoms with Crippen LogP contribution in [0, 0.1) is 0 Å². The Balaban J connectivity index is 0.00000176. The molecule has 22 heavy (non-hydrogen) atoms. The molecule has 2 aromatic rings. The lowest BCUT2D eigenvalue weighted by molar-refractivity contribution is 0.0946. The van der Waals surface area contributed by atoms with Crippen molar-refractivity contribution in [2.24, 2.45) is 5.73 Å². The van der Waals surface area contributed by atoms with Gasteiger partial charge in [0.15, 0.2) is 11.5 Å². The number of nitrogens with two attached hydrogens (primary N) is 1. The monoisotopic (exact) mass is 341 g/mol. The minimum absolute atomic E-state index is 0. The molecule has 1 aromatic heterocycles. The van der Waals surface area contributed by atoms with Gasteiger partial charge in [-0.15, -0.1) is 23.7 Å². The average Bonchev–Trinajstić information content (AvgIpc) is 3.01. The summed E-state index contributed by atoms with van der Waals surface area (Å²) in [7, 11) is 0. The second kappa shape index (κ2) is 7.44. The highest BCUT2D eigenvalue weighted by molar-refractivity contribution is 7.09. The van der Waals surface area contributed by atoms with Crippen LogP contribution in [0.5, 0.6) is 11.5 Å². The number of carbonyl (C=O) groups excluding carboxylic acids is 1. The molecular formula is C14H16ClN3O3S. The molecule has 6 nitrogen and oxygen atoms in total. The van der Waals surface area contributed by atoms with E-state index in [1.54, 1.807) is 5.38 Å². The first-order valence-corrected chi connectivity index (χ1v) is 7.45. The number of aromatic nitrogens is 1. The molecule has 0 saturated heterocycles. The van der Waals surface area contributed by atoms with Crippen molar-refractivity contribution < 1.29 is 14.3 Å². The van der Waals surface area contributed by atoms with E-state index < -0.39 is 0 Å². The first-order valence-electron chi connectivity index (χ1n) is 6.57. The molecule has 1 aromatic carbocycles. The lowest BCUT2D eigenvalue weighted by Gasteiger charge is -2.18. The van der Waals surface area contributed by atoms with Crippen molar-refractivity contribution in [3.63, 3.8) is 0 Å². The van der Waals surface area contributed by atoms with E-state index in [0.29, 0.717) is 37.7 Å². The largest absolute Gasteiger partial charge is 0.486 e. The molecule has 0 bridgehead atoms. The lowest BCUT2D eigenvalue weighted by atomic mass is 10.2. The highest BCUT2D eigenvalue weighted by atomic mass is 35.5. The summed E-state index contributed by atoms with van der Waals surface area (Å²) >= 11 is 1.38. The maximum absolute atomic E-state index is 12.0. The summed E-state index contributed by atoms with van der Waals surface area (Å²) in [6, 6.07) is 5.63. The second-order valence-electron chi connectivity index (χ2n) is 4.49. The van der Waals surface area contributed by atoms with E-state index >= 15 is 0 Å². The number of benzene rings is 1. The number of nitrogens with zero attached hydrogens (tertiary/aromatic N) is 1. The zero-order valence-corrected chi connectivity index (χ0v) is 13.3. The molecule has 118 valence electrons. The van der Waals surface area contributed by atoms with Gasteiger partial charge >= 0.3 is 0 Å². The van der Waals surface area contributed by atoms with Gasteiger partial charge in [-0.25, -0.2) is 4.98 Å². The Morgan fingerprint density at radius 2 is 2.09 bits per heavy atom. The summed E-state index contributed by atoms with van der Waals surface area (Å²) < 4.78 is 11.0. The van der Waals surface area contributed by atoms with Gasteiger partial charge in [-0.05, 0) is 17.7 Å². The maximum Gasteiger partial charge on any atom is 0.271 e. The number of amides is 1. The molecule has 0 fully saturated rings. The SMILES string of the molecule is Cl.NCc1nc(C(=O)NCc2ccc3c(c2)OCCO3)cs1. The Morgan fingerprint density at radius 3 is 2.82 bits per heavy atom. The predicted molar refractivity (Wildman–Crippen MR) is 85.9 cm³/mol. The van der Waals surface area contributed by atoms with Crippen molar-refractivity contribution in [3.05, 3.63) is 39.8 Å². The fourth-order valence-corrected chi connectivity index (χ4v) is 2.63. The van der Waals surface area contributed by atoms with Crippen LogP contribution in [0.15, 0.2) is 23.6 Å². The van der Waals surface area contributed by atoms with Crippen LogP contribution in [-0.2, 0) is 13.1 Å². The molecular weight excluding hydrogens is 326 g/mol. The van der Waals surface area contributed by atoms with E-state index in [1.807, 2.05) is 18.2 Å². The highest BCUT2D eigenvalue weighted by Crippen LogP contribution is 2.30. The maximum atomic E-state index is 12.0. The van der Waals surface area contributed by atoms with Crippen LogP contribution in [0.4, 0.5) is 0 Å². The number of thiazole rings is 1. The molecule has 0 radical (unpaired) electrons. The number of hydrogen-bond donors (Lipinski definition) is 2. The van der Waals surface area contributed by atoms with E-state index in [-0.39, 0.29) is 18.3 Å². The Kier molecular flexibility index (Phi) is 5.59. The van der Waals surface area contributed by atoms with Gasteiger partial charge in [0.2, 0.25) is 0 Å². The third-order valence-electron chi connectivity index (χ3n) is 3.02. The molecule has 3 rings (SSSR count). The van der Waals surface area contributed by atoms with Crippen molar-refractivity contribution in [3.8, 4) is 11.5 Å². The van der Waals surface area contributed by atoms with Gasteiger partial charge in [0.05, 0.1) is 0 Å². The Labute approximate surface area is 138 Å². The smallest absolute Gasteiger partial charge is 0.271 e. The fraction of sp³-hybridized carbons (Fsp3) is 0.286. The van der Waals surface area contributed by atoms with Crippen LogP contribution >= 0.6 is 23.7 Å². The molecule has 0 saturated carbocycles. The van der Waals surface area contributed by atoms with Gasteiger partial charge < -0.3 is 20.5 Å². The van der Waals surface area contributed by atoms with E-state index in [1.165, 1.54) is 11.3 Å². The number of halogens is 1. The number of ether oxygens (including phenoxy) is 2. The van der Waals surface area contributed by atoms with Crippen molar-refractivity contribution >= 4 is 29.7 Å². The Hall–Kier alpha value is -1.83. The summed E-state index contributed by atoms with van der Waals surface area (Å²) in [4.78, 5) is 16.1. The molecule has 2 heterocycles. The summed E-state index contributed by atoms with van der Waals surface area (Å²) in [6.45, 7) is 1.87. The van der Waals surface area contributed by atoms with Gasteiger partial charge in [0.25, 0.3) is 5.91 Å². The minimum atomic E-state index is -0.208. The summed E-state index contributed by atoms with van der Waals surface area (Å²) in [5, 5.41) is 5.29. The molecule has 3 N–H and O–H groups in total. The second-order valence-corrected chi connectivity index (χ2v) is 5.43. The molecule has 0 atom stereocenters. The van der Waals surface area contributed by atoms with Crippen LogP contribution < -0.4 is 20.5 Å². The summed E-state index contributed by atoms with van der Waals surface area (Å²) in [5.41, 5.74) is 6.83. The first kappa shape index (κ1) is 16.5. The van der Waals surface area contributed by atoms with Gasteiger partial charge in [0.1, 0.15) is 23.9 Å². The summed E-state index contributed by atoms with van der Waals surface area (Å²) in [5.74, 6) is 1.25. The fourth-order valence-electron chi connectivity index (χ4n) is 1.98. The molecule has 1 aliphatic rings. The Bertz CT molecular complexity index is 663. The first-order chi connectivity index (χ1) is 10.3. The van der Waals surface area contributed by atoms with Crippen LogP contribution in [0.1, 0.15) is 21.1 Å². The molecule has 0 unspecified atom stereocenters. The number of fused-ring (bicyclic) bond motifs is 1. The van der Waals surface area contributed by atoms with Gasteiger partial charge in [0, 0.05) is 18.5 Å². The van der Waals surface area contributed by atoms with E-state index in [2.05, 4.69) is 10.3 Å². The third-order valence-corrected chi connectivity index (χ3v) is 3.89. The van der Waals surface area contributed by atoms with E-state index in [4.69, 9.17) is 15.2 Å². The predicted octanol–water partition coefficient (Wildman–Crippen LogP) is 1.72. The molecule has 0 aliphatic carbocycles. The average molecular weight is 342 g/mol. The zero-order chi connectivity index (χ0) is 14.7. The topological polar surface area (TPSA) is 86.5 Å². The number of rotatable bonds is 4. The normalized spacial score (nSPS) is 12.4. The highest BCUT2D eigenvalue weighted by Gasteiger charge is 2.13. The van der Waals surface area contributed by atoms with Gasteiger partial charge in [-0.1, -0.05) is 6.07 Å². The van der Waals surface area contributed by atoms with Crippen LogP contribution in [0.2, 0.25) is 0 Å². The van der Waals surface area contributed by atoms with Crippen LogP contribution in [0.25, 0.3) is 0 Å². The van der Waals surface area contributed by atoms with Crippen molar-refractivity contribution in [1.29, 1.82) is 0 Å². The van der Waals surface area contributed by atoms with E-state index in [0.717, 1.165) is 16.3 Å². The minimum Gasteiger partial charge on any atom is -0.486 e. The van der Waals surface area contributed by atoms with E-state index in [9.17, 15) is 4.79 Å². The number of nitrogens with one attached hydrogen (secondary N) is 1. The Morgan fingerprint density at radius 1 is 1.32 bits per heavy atom. The zero-order valence-electron chi connectivity index (χ0n) is 11.7. The van der Waals surface area contributed by atoms with Crippen molar-refractivity contribution in [2.75, 3.05) is 13.2 Å². The van der Waals surface area contributed by atoms with Crippen molar-refractivity contribution in [2.45, 2.75) is 13.1 Å². The van der Waals surface area contributed by atoms with Crippen molar-refractivity contribution in [1.82, 2.24) is 10.3 Å². The molecule has 1 aliphatic heterocycles. The molecule has 8 heteroatoms. The number of hydrogen-bond acceptors (Lipinski definition) is 6. The number of carbonyl (C=O) groups is 1. The summed E-state index contributed by atoms with van der Waals surface area (Å²) in [6.07, 6.45) is 0.